The van der Waals surface area contributed by atoms with E-state index in [0.717, 1.165) is 25.7 Å². The Labute approximate surface area is 202 Å². The highest BCUT2D eigenvalue weighted by molar-refractivity contribution is 5.96. The number of halogens is 3. The third kappa shape index (κ3) is 10.8. The van der Waals surface area contributed by atoms with Gasteiger partial charge in [-0.3, -0.25) is 4.79 Å². The molecule has 1 saturated carbocycles. The summed E-state index contributed by atoms with van der Waals surface area (Å²) >= 11 is 0. The molecule has 0 aromatic carbocycles. The molecule has 0 bridgehead atoms. The third-order valence-electron chi connectivity index (χ3n) is 5.37. The Hall–Kier alpha value is -3.05. The number of nitrogens with one attached hydrogen (secondary N) is 3. The Morgan fingerprint density at radius 2 is 1.77 bits per heavy atom. The summed E-state index contributed by atoms with van der Waals surface area (Å²) in [6.07, 6.45) is -1.70. The van der Waals surface area contributed by atoms with Gasteiger partial charge in [0.25, 0.3) is 0 Å². The normalized spacial score (nSPS) is 19.3. The van der Waals surface area contributed by atoms with Crippen molar-refractivity contribution in [1.29, 1.82) is 0 Å². The Morgan fingerprint density at radius 3 is 2.37 bits per heavy atom. The average molecular weight is 503 g/mol. The molecule has 196 valence electrons. The first-order valence-corrected chi connectivity index (χ1v) is 11.4. The van der Waals surface area contributed by atoms with Crippen LogP contribution >= 0.6 is 0 Å². The number of rotatable bonds is 7. The molecule has 1 fully saturated rings. The van der Waals surface area contributed by atoms with E-state index in [9.17, 15) is 27.6 Å². The van der Waals surface area contributed by atoms with Gasteiger partial charge in [-0.25, -0.2) is 14.6 Å². The van der Waals surface area contributed by atoms with Crippen LogP contribution in [0, 0.1) is 11.8 Å². The number of alkyl carbamates (subject to hydrolysis) is 2. The summed E-state index contributed by atoms with van der Waals surface area (Å²) in [6.45, 7) is 5.50. The minimum Gasteiger partial charge on any atom is -0.445 e. The number of hydrogen-bond donors (Lipinski definition) is 3. The van der Waals surface area contributed by atoms with E-state index in [1.54, 1.807) is 26.1 Å². The van der Waals surface area contributed by atoms with Crippen LogP contribution in [0.3, 0.4) is 0 Å². The first-order valence-electron chi connectivity index (χ1n) is 11.4. The molecule has 1 aromatic heterocycles. The zero-order chi connectivity index (χ0) is 26.2. The van der Waals surface area contributed by atoms with E-state index in [1.807, 2.05) is 0 Å². The van der Waals surface area contributed by atoms with E-state index < -0.39 is 42.5 Å². The first-order chi connectivity index (χ1) is 16.2. The predicted molar refractivity (Wildman–Crippen MR) is 121 cm³/mol. The smallest absolute Gasteiger partial charge is 0.408 e. The molecule has 0 aliphatic heterocycles. The summed E-state index contributed by atoms with van der Waals surface area (Å²) in [6, 6.07) is 2.08. The maximum atomic E-state index is 13.1. The van der Waals surface area contributed by atoms with Gasteiger partial charge in [-0.15, -0.1) is 0 Å². The Morgan fingerprint density at radius 1 is 1.11 bits per heavy atom. The SMILES string of the molecule is CC1CCC([C@H](NC(=O)OC(C)(C)C)C(=O)Nc2cc(COC(=O)NCC(F)(F)F)ccn2)CC1. The lowest BCUT2D eigenvalue weighted by molar-refractivity contribution is -0.124. The number of alkyl halides is 3. The standard InChI is InChI=1S/C23H33F3N4O5/c1-14-5-7-16(8-6-14)18(30-21(33)35-22(2,3)4)19(31)29-17-11-15(9-10-27-17)12-34-20(32)28-13-23(24,25)26/h9-11,14,16,18H,5-8,12-13H2,1-4H3,(H,28,32)(H,30,33)(H,27,29,31)/t14?,16?,18-/m0/s1. The summed E-state index contributed by atoms with van der Waals surface area (Å²) in [5.41, 5.74) is -0.324. The summed E-state index contributed by atoms with van der Waals surface area (Å²) < 4.78 is 46.6. The van der Waals surface area contributed by atoms with Crippen LogP contribution in [0.4, 0.5) is 28.6 Å². The van der Waals surface area contributed by atoms with Crippen molar-refractivity contribution in [2.24, 2.45) is 11.8 Å². The van der Waals surface area contributed by atoms with Gasteiger partial charge in [0.05, 0.1) is 0 Å². The van der Waals surface area contributed by atoms with Crippen molar-refractivity contribution in [3.63, 3.8) is 0 Å². The van der Waals surface area contributed by atoms with Crippen molar-refractivity contribution in [2.75, 3.05) is 11.9 Å². The average Bonchev–Trinajstić information content (AvgIpc) is 2.74. The van der Waals surface area contributed by atoms with Gasteiger partial charge in [-0.05, 0) is 63.1 Å². The number of hydrogen-bond acceptors (Lipinski definition) is 6. The van der Waals surface area contributed by atoms with Crippen LogP contribution in [-0.2, 0) is 20.9 Å². The number of anilines is 1. The molecule has 1 aliphatic carbocycles. The molecule has 9 nitrogen and oxygen atoms in total. The fourth-order valence-electron chi connectivity index (χ4n) is 3.66. The number of carbonyl (C=O) groups is 3. The fraction of sp³-hybridized carbons (Fsp3) is 0.652. The van der Waals surface area contributed by atoms with Crippen molar-refractivity contribution in [2.45, 2.75) is 77.8 Å². The van der Waals surface area contributed by atoms with Crippen LogP contribution in [0.15, 0.2) is 18.3 Å². The lowest BCUT2D eigenvalue weighted by Gasteiger charge is -2.32. The molecular weight excluding hydrogens is 469 g/mol. The van der Waals surface area contributed by atoms with E-state index in [2.05, 4.69) is 22.5 Å². The molecule has 0 spiro atoms. The largest absolute Gasteiger partial charge is 0.445 e. The summed E-state index contributed by atoms with van der Waals surface area (Å²) in [7, 11) is 0. The lowest BCUT2D eigenvalue weighted by atomic mass is 9.79. The van der Waals surface area contributed by atoms with E-state index in [-0.39, 0.29) is 18.3 Å². The monoisotopic (exact) mass is 502 g/mol. The first kappa shape index (κ1) is 28.2. The second kappa shape index (κ2) is 12.1. The van der Waals surface area contributed by atoms with E-state index in [4.69, 9.17) is 9.47 Å². The highest BCUT2D eigenvalue weighted by atomic mass is 19.4. The Kier molecular flexibility index (Phi) is 9.73. The summed E-state index contributed by atoms with van der Waals surface area (Å²) in [5.74, 6) is 0.140. The number of nitrogens with zero attached hydrogens (tertiary/aromatic N) is 1. The third-order valence-corrected chi connectivity index (χ3v) is 5.37. The maximum Gasteiger partial charge on any atom is 0.408 e. The second-order valence-corrected chi connectivity index (χ2v) is 9.73. The van der Waals surface area contributed by atoms with Crippen LogP contribution in [0.1, 0.15) is 58.9 Å². The van der Waals surface area contributed by atoms with Gasteiger partial charge in [0.1, 0.15) is 30.6 Å². The molecule has 0 unspecified atom stereocenters. The van der Waals surface area contributed by atoms with Gasteiger partial charge in [0.15, 0.2) is 0 Å². The lowest BCUT2D eigenvalue weighted by Crippen LogP contribution is -2.50. The van der Waals surface area contributed by atoms with Crippen molar-refractivity contribution in [1.82, 2.24) is 15.6 Å². The molecule has 2 rings (SSSR count). The van der Waals surface area contributed by atoms with Gasteiger partial charge in [-0.2, -0.15) is 13.2 Å². The molecule has 12 heteroatoms. The number of amides is 3. The van der Waals surface area contributed by atoms with Gasteiger partial charge >= 0.3 is 18.4 Å². The van der Waals surface area contributed by atoms with Crippen molar-refractivity contribution in [3.8, 4) is 0 Å². The van der Waals surface area contributed by atoms with E-state index in [1.165, 1.54) is 18.3 Å². The zero-order valence-corrected chi connectivity index (χ0v) is 20.3. The van der Waals surface area contributed by atoms with Crippen molar-refractivity contribution in [3.05, 3.63) is 23.9 Å². The quantitative estimate of drug-likeness (QED) is 0.504. The Bertz CT molecular complexity index is 881. The fourth-order valence-corrected chi connectivity index (χ4v) is 3.66. The molecule has 1 heterocycles. The molecule has 35 heavy (non-hydrogen) atoms. The number of pyridine rings is 1. The molecule has 3 amide bonds. The molecule has 1 aliphatic rings. The van der Waals surface area contributed by atoms with Crippen LogP contribution in [0.25, 0.3) is 0 Å². The van der Waals surface area contributed by atoms with Gasteiger partial charge < -0.3 is 25.4 Å². The topological polar surface area (TPSA) is 119 Å². The number of aromatic nitrogens is 1. The van der Waals surface area contributed by atoms with Crippen molar-refractivity contribution >= 4 is 23.9 Å². The highest BCUT2D eigenvalue weighted by Gasteiger charge is 2.34. The summed E-state index contributed by atoms with van der Waals surface area (Å²) in [5, 5.41) is 6.96. The Balaban J connectivity index is 2.02. The van der Waals surface area contributed by atoms with Crippen LogP contribution in [0.2, 0.25) is 0 Å². The van der Waals surface area contributed by atoms with Gasteiger partial charge in [-0.1, -0.05) is 19.8 Å². The van der Waals surface area contributed by atoms with Gasteiger partial charge in [0, 0.05) is 6.20 Å². The minimum atomic E-state index is -4.55. The zero-order valence-electron chi connectivity index (χ0n) is 20.3. The summed E-state index contributed by atoms with van der Waals surface area (Å²) in [4.78, 5) is 41.0. The number of carbonyl (C=O) groups excluding carboxylic acids is 3. The van der Waals surface area contributed by atoms with E-state index in [0.29, 0.717) is 11.5 Å². The maximum absolute atomic E-state index is 13.1. The van der Waals surface area contributed by atoms with Crippen LogP contribution in [-0.4, -0.2) is 47.4 Å². The van der Waals surface area contributed by atoms with Crippen LogP contribution < -0.4 is 16.0 Å². The molecule has 1 aromatic rings. The molecule has 3 N–H and O–H groups in total. The van der Waals surface area contributed by atoms with Crippen molar-refractivity contribution < 1.29 is 37.0 Å². The highest BCUT2D eigenvalue weighted by Crippen LogP contribution is 2.31. The van der Waals surface area contributed by atoms with Crippen LogP contribution in [0.5, 0.6) is 0 Å². The second-order valence-electron chi connectivity index (χ2n) is 9.73. The number of ether oxygens (including phenoxy) is 2. The predicted octanol–water partition coefficient (Wildman–Crippen LogP) is 4.53. The molecule has 1 atom stereocenters. The molecule has 0 saturated heterocycles. The molecular formula is C23H33F3N4O5. The van der Waals surface area contributed by atoms with Gasteiger partial charge in [0.2, 0.25) is 5.91 Å². The van der Waals surface area contributed by atoms with E-state index >= 15 is 0 Å². The minimum absolute atomic E-state index is 0.0810. The molecule has 0 radical (unpaired) electrons.